The molecule has 0 saturated heterocycles. The fraction of sp³-hybridized carbons (Fsp3) is 0.800. The molecule has 2 heteroatoms. The Kier molecular flexibility index (Phi) is 3.76. The monoisotopic (exact) mass is 169 g/mol. The van der Waals surface area contributed by atoms with E-state index in [0.717, 1.165) is 19.4 Å². The smallest absolute Gasteiger partial charge is 0.0671 e. The number of methoxy groups -OCH3 is 1. The lowest BCUT2D eigenvalue weighted by molar-refractivity contribution is 0.0280. The molecule has 12 heavy (non-hydrogen) atoms. The normalized spacial score (nSPS) is 36.4. The maximum absolute atomic E-state index is 5.69. The zero-order chi connectivity index (χ0) is 8.97. The van der Waals surface area contributed by atoms with E-state index >= 15 is 0 Å². The van der Waals surface area contributed by atoms with Crippen LogP contribution in [0.25, 0.3) is 0 Å². The van der Waals surface area contributed by atoms with E-state index in [1.165, 1.54) is 0 Å². The van der Waals surface area contributed by atoms with Crippen LogP contribution in [0.4, 0.5) is 0 Å². The molecule has 0 amide bonds. The van der Waals surface area contributed by atoms with Gasteiger partial charge in [0, 0.05) is 13.0 Å². The van der Waals surface area contributed by atoms with Crippen molar-refractivity contribution in [2.75, 3.05) is 13.7 Å². The number of allylic oxidation sites excluding steroid dienone is 1. The lowest BCUT2D eigenvalue weighted by atomic mass is 9.91. The summed E-state index contributed by atoms with van der Waals surface area (Å²) in [7, 11) is 1.78. The fourth-order valence-electron chi connectivity index (χ4n) is 1.98. The van der Waals surface area contributed by atoms with Gasteiger partial charge >= 0.3 is 0 Å². The summed E-state index contributed by atoms with van der Waals surface area (Å²) in [6, 6.07) is 0. The standard InChI is InChI=1S/C10H19NO/c1-8-5-3-4-6-9(7-11)10(8)12-2/h3,5,8-10H,4,6-7,11H2,1-2H3. The molecule has 0 radical (unpaired) electrons. The van der Waals surface area contributed by atoms with Crippen LogP contribution >= 0.6 is 0 Å². The molecule has 0 fully saturated rings. The molecule has 0 saturated carbocycles. The van der Waals surface area contributed by atoms with E-state index in [2.05, 4.69) is 19.1 Å². The van der Waals surface area contributed by atoms with Crippen molar-refractivity contribution in [2.45, 2.75) is 25.9 Å². The zero-order valence-electron chi connectivity index (χ0n) is 7.99. The summed E-state index contributed by atoms with van der Waals surface area (Å²) in [5, 5.41) is 0. The molecule has 0 bridgehead atoms. The molecule has 0 aromatic heterocycles. The molecular weight excluding hydrogens is 150 g/mol. The van der Waals surface area contributed by atoms with Crippen molar-refractivity contribution in [3.8, 4) is 0 Å². The van der Waals surface area contributed by atoms with Crippen LogP contribution in [0.2, 0.25) is 0 Å². The maximum atomic E-state index is 5.69. The number of hydrogen-bond acceptors (Lipinski definition) is 2. The maximum Gasteiger partial charge on any atom is 0.0671 e. The first kappa shape index (κ1) is 9.75. The van der Waals surface area contributed by atoms with E-state index in [1.807, 2.05) is 0 Å². The molecule has 0 aromatic carbocycles. The van der Waals surface area contributed by atoms with Crippen molar-refractivity contribution in [3.05, 3.63) is 12.2 Å². The minimum absolute atomic E-state index is 0.314. The summed E-state index contributed by atoms with van der Waals surface area (Å²) in [5.41, 5.74) is 5.69. The first-order valence-corrected chi connectivity index (χ1v) is 4.69. The van der Waals surface area contributed by atoms with Crippen molar-refractivity contribution in [1.29, 1.82) is 0 Å². The largest absolute Gasteiger partial charge is 0.381 e. The third-order valence-electron chi connectivity index (χ3n) is 2.70. The molecule has 0 aromatic rings. The average Bonchev–Trinajstić information content (AvgIpc) is 2.26. The van der Waals surface area contributed by atoms with Gasteiger partial charge in [-0.15, -0.1) is 0 Å². The second-order valence-electron chi connectivity index (χ2n) is 3.56. The van der Waals surface area contributed by atoms with Gasteiger partial charge in [0.05, 0.1) is 6.10 Å². The van der Waals surface area contributed by atoms with Gasteiger partial charge < -0.3 is 10.5 Å². The van der Waals surface area contributed by atoms with Gasteiger partial charge in [-0.25, -0.2) is 0 Å². The van der Waals surface area contributed by atoms with E-state index < -0.39 is 0 Å². The summed E-state index contributed by atoms with van der Waals surface area (Å²) < 4.78 is 5.46. The van der Waals surface area contributed by atoms with Crippen LogP contribution in [0.15, 0.2) is 12.2 Å². The average molecular weight is 169 g/mol. The van der Waals surface area contributed by atoms with Crippen molar-refractivity contribution >= 4 is 0 Å². The molecule has 1 aliphatic rings. The third kappa shape index (κ3) is 2.08. The second kappa shape index (κ2) is 4.63. The molecule has 2 nitrogen and oxygen atoms in total. The van der Waals surface area contributed by atoms with Crippen LogP contribution in [0, 0.1) is 11.8 Å². The Bertz CT molecular complexity index is 156. The second-order valence-corrected chi connectivity index (χ2v) is 3.56. The third-order valence-corrected chi connectivity index (χ3v) is 2.70. The van der Waals surface area contributed by atoms with Crippen molar-refractivity contribution in [2.24, 2.45) is 17.6 Å². The van der Waals surface area contributed by atoms with Gasteiger partial charge in [0.2, 0.25) is 0 Å². The number of rotatable bonds is 2. The van der Waals surface area contributed by atoms with Gasteiger partial charge in [-0.05, 0) is 25.3 Å². The van der Waals surface area contributed by atoms with E-state index in [1.54, 1.807) is 7.11 Å². The molecule has 1 rings (SSSR count). The Morgan fingerprint density at radius 1 is 1.58 bits per heavy atom. The van der Waals surface area contributed by atoms with Gasteiger partial charge in [0.1, 0.15) is 0 Å². The highest BCUT2D eigenvalue weighted by atomic mass is 16.5. The summed E-state index contributed by atoms with van der Waals surface area (Å²) in [4.78, 5) is 0. The van der Waals surface area contributed by atoms with Crippen LogP contribution in [-0.2, 0) is 4.74 Å². The summed E-state index contributed by atoms with van der Waals surface area (Å²) >= 11 is 0. The predicted molar refractivity (Wildman–Crippen MR) is 50.9 cm³/mol. The highest BCUT2D eigenvalue weighted by molar-refractivity contribution is 4.96. The minimum atomic E-state index is 0.314. The summed E-state index contributed by atoms with van der Waals surface area (Å²) in [6.45, 7) is 2.93. The highest BCUT2D eigenvalue weighted by Crippen LogP contribution is 2.24. The van der Waals surface area contributed by atoms with Crippen LogP contribution in [-0.4, -0.2) is 19.8 Å². The molecular formula is C10H19NO. The number of hydrogen-bond donors (Lipinski definition) is 1. The molecule has 70 valence electrons. The molecule has 0 aliphatic heterocycles. The first-order valence-electron chi connectivity index (χ1n) is 4.69. The van der Waals surface area contributed by atoms with Crippen molar-refractivity contribution in [3.63, 3.8) is 0 Å². The van der Waals surface area contributed by atoms with Crippen LogP contribution in [0.5, 0.6) is 0 Å². The Morgan fingerprint density at radius 3 is 2.92 bits per heavy atom. The van der Waals surface area contributed by atoms with Crippen LogP contribution < -0.4 is 5.73 Å². The van der Waals surface area contributed by atoms with Gasteiger partial charge in [-0.2, -0.15) is 0 Å². The molecule has 3 unspecified atom stereocenters. The zero-order valence-corrected chi connectivity index (χ0v) is 7.99. The van der Waals surface area contributed by atoms with E-state index in [0.29, 0.717) is 17.9 Å². The Balaban J connectivity index is 2.63. The quantitative estimate of drug-likeness (QED) is 0.637. The van der Waals surface area contributed by atoms with Crippen LogP contribution in [0.1, 0.15) is 19.8 Å². The van der Waals surface area contributed by atoms with Crippen molar-refractivity contribution in [1.82, 2.24) is 0 Å². The van der Waals surface area contributed by atoms with E-state index in [-0.39, 0.29) is 0 Å². The molecule has 0 spiro atoms. The van der Waals surface area contributed by atoms with E-state index in [9.17, 15) is 0 Å². The molecule has 0 heterocycles. The van der Waals surface area contributed by atoms with E-state index in [4.69, 9.17) is 10.5 Å². The number of nitrogens with two attached hydrogens (primary N) is 1. The molecule has 1 aliphatic carbocycles. The SMILES string of the molecule is COC1C(C)C=CCCC1CN. The lowest BCUT2D eigenvalue weighted by Crippen LogP contribution is -2.33. The summed E-state index contributed by atoms with van der Waals surface area (Å²) in [6.07, 6.45) is 7.10. The fourth-order valence-corrected chi connectivity index (χ4v) is 1.98. The molecule has 2 N–H and O–H groups in total. The van der Waals surface area contributed by atoms with Crippen LogP contribution in [0.3, 0.4) is 0 Å². The van der Waals surface area contributed by atoms with Gasteiger partial charge in [0.15, 0.2) is 0 Å². The van der Waals surface area contributed by atoms with Crippen molar-refractivity contribution < 1.29 is 4.74 Å². The molecule has 3 atom stereocenters. The minimum Gasteiger partial charge on any atom is -0.381 e. The topological polar surface area (TPSA) is 35.2 Å². The highest BCUT2D eigenvalue weighted by Gasteiger charge is 2.25. The summed E-state index contributed by atoms with van der Waals surface area (Å²) in [5.74, 6) is 1.03. The lowest BCUT2D eigenvalue weighted by Gasteiger charge is -2.26. The predicted octanol–water partition coefficient (Wildman–Crippen LogP) is 1.56. The van der Waals surface area contributed by atoms with Gasteiger partial charge in [-0.3, -0.25) is 0 Å². The Hall–Kier alpha value is -0.340. The Morgan fingerprint density at radius 2 is 2.33 bits per heavy atom. The first-order chi connectivity index (χ1) is 5.79. The number of ether oxygens (including phenoxy) is 1. The Labute approximate surface area is 74.8 Å². The van der Waals surface area contributed by atoms with Gasteiger partial charge in [0.25, 0.3) is 0 Å². The van der Waals surface area contributed by atoms with Gasteiger partial charge in [-0.1, -0.05) is 19.1 Å².